The number of ether oxygens (including phenoxy) is 3. The van der Waals surface area contributed by atoms with Gasteiger partial charge in [-0.3, -0.25) is 9.59 Å². The summed E-state index contributed by atoms with van der Waals surface area (Å²) in [5.41, 5.74) is 0.747. The highest BCUT2D eigenvalue weighted by Gasteiger charge is 2.47. The Hall–Kier alpha value is -2.14. The van der Waals surface area contributed by atoms with E-state index in [4.69, 9.17) is 20.6 Å². The van der Waals surface area contributed by atoms with Crippen LogP contribution in [0.25, 0.3) is 0 Å². The van der Waals surface area contributed by atoms with Gasteiger partial charge in [-0.1, -0.05) is 44.4 Å². The number of aliphatic hydroxyl groups is 4. The number of terminal acetylenes is 1. The number of rotatable bonds is 9. The van der Waals surface area contributed by atoms with Gasteiger partial charge in [0.05, 0.1) is 50.0 Å². The van der Waals surface area contributed by atoms with E-state index in [0.717, 1.165) is 5.57 Å². The fourth-order valence-corrected chi connectivity index (χ4v) is 6.31. The summed E-state index contributed by atoms with van der Waals surface area (Å²) in [4.78, 5) is 28.1. The molecular weight excluding hydrogens is 580 g/mol. The number of nitrogens with zero attached hydrogens (tertiary/aromatic N) is 1. The number of esters is 1. The smallest absolute Gasteiger partial charge is 0.308 e. The van der Waals surface area contributed by atoms with Crippen molar-refractivity contribution in [2.24, 2.45) is 23.7 Å². The summed E-state index contributed by atoms with van der Waals surface area (Å²) in [5.74, 6) is -0.0561. The van der Waals surface area contributed by atoms with Crippen molar-refractivity contribution in [3.05, 3.63) is 23.8 Å². The molecule has 2 aliphatic rings. The van der Waals surface area contributed by atoms with Crippen LogP contribution in [0.1, 0.15) is 60.3 Å². The lowest BCUT2D eigenvalue weighted by atomic mass is 9.79. The Bertz CT molecular complexity index is 1040. The largest absolute Gasteiger partial charge is 0.462 e. The molecule has 256 valence electrons. The van der Waals surface area contributed by atoms with Crippen LogP contribution in [0.15, 0.2) is 23.8 Å². The molecule has 0 aromatic rings. The minimum Gasteiger partial charge on any atom is -0.462 e. The SMILES string of the molecule is C#CCNCC[C@H]1C[C@@H](C)C(=O)/C=C/C(C)=C/[C@H](CO)[C@@H](CC)OC(=O)C[C@@H](O)[C@H](C)[C@H]1O[C@@H]1O[C@H](C)C(O)C(N(C)C)C1O. The zero-order valence-corrected chi connectivity index (χ0v) is 28.0. The number of cyclic esters (lactones) is 1. The summed E-state index contributed by atoms with van der Waals surface area (Å²) in [6.07, 6.45) is 4.87. The maximum atomic E-state index is 13.3. The molecule has 45 heavy (non-hydrogen) atoms. The quantitative estimate of drug-likeness (QED) is 0.142. The molecule has 3 unspecified atom stereocenters. The molecule has 11 nitrogen and oxygen atoms in total. The Labute approximate surface area is 269 Å². The number of allylic oxidation sites excluding steroid dienone is 3. The molecule has 0 amide bonds. The molecule has 2 rings (SSSR count). The van der Waals surface area contributed by atoms with E-state index in [-0.39, 0.29) is 24.7 Å². The van der Waals surface area contributed by atoms with Gasteiger partial charge in [-0.15, -0.1) is 6.42 Å². The van der Waals surface area contributed by atoms with Crippen LogP contribution in [0, 0.1) is 36.0 Å². The number of nitrogens with one attached hydrogen (secondary N) is 1. The highest BCUT2D eigenvalue weighted by atomic mass is 16.7. The third-order valence-electron chi connectivity index (χ3n) is 9.08. The second-order valence-electron chi connectivity index (χ2n) is 12.9. The van der Waals surface area contributed by atoms with Gasteiger partial charge in [0.25, 0.3) is 0 Å². The third-order valence-corrected chi connectivity index (χ3v) is 9.08. The van der Waals surface area contributed by atoms with Crippen molar-refractivity contribution in [1.82, 2.24) is 10.2 Å². The molecule has 0 bridgehead atoms. The van der Waals surface area contributed by atoms with Gasteiger partial charge in [-0.05, 0) is 65.7 Å². The van der Waals surface area contributed by atoms with Gasteiger partial charge in [0, 0.05) is 17.8 Å². The highest BCUT2D eigenvalue weighted by Crippen LogP contribution is 2.34. The van der Waals surface area contributed by atoms with Gasteiger partial charge in [-0.25, -0.2) is 0 Å². The summed E-state index contributed by atoms with van der Waals surface area (Å²) in [6, 6.07) is -0.678. The summed E-state index contributed by atoms with van der Waals surface area (Å²) in [7, 11) is 3.50. The monoisotopic (exact) mass is 636 g/mol. The second kappa shape index (κ2) is 18.9. The Kier molecular flexibility index (Phi) is 16.4. The number of hydrogen-bond donors (Lipinski definition) is 5. The molecule has 0 saturated carbocycles. The molecular formula is C34H56N2O9. The molecule has 0 aromatic heterocycles. The van der Waals surface area contributed by atoms with Gasteiger partial charge in [-0.2, -0.15) is 0 Å². The first-order valence-corrected chi connectivity index (χ1v) is 16.1. The predicted molar refractivity (Wildman–Crippen MR) is 171 cm³/mol. The van der Waals surface area contributed by atoms with E-state index in [1.807, 2.05) is 20.8 Å². The van der Waals surface area contributed by atoms with E-state index < -0.39 is 72.7 Å². The molecule has 11 heteroatoms. The number of hydrogen-bond acceptors (Lipinski definition) is 11. The van der Waals surface area contributed by atoms with Gasteiger partial charge >= 0.3 is 5.97 Å². The average molecular weight is 637 g/mol. The van der Waals surface area contributed by atoms with Crippen LogP contribution in [-0.2, 0) is 23.8 Å². The lowest BCUT2D eigenvalue weighted by Gasteiger charge is -2.46. The molecule has 1 fully saturated rings. The molecule has 0 aromatic carbocycles. The summed E-state index contributed by atoms with van der Waals surface area (Å²) in [5, 5.41) is 46.7. The predicted octanol–water partition coefficient (Wildman–Crippen LogP) is 1.43. The van der Waals surface area contributed by atoms with Crippen LogP contribution >= 0.6 is 0 Å². The molecule has 12 atom stereocenters. The summed E-state index contributed by atoms with van der Waals surface area (Å²) < 4.78 is 18.3. The number of carbonyl (C=O) groups is 2. The first kappa shape index (κ1) is 39.0. The van der Waals surface area contributed by atoms with Crippen LogP contribution < -0.4 is 5.32 Å². The minimum absolute atomic E-state index is 0.0965. The van der Waals surface area contributed by atoms with E-state index in [1.54, 1.807) is 45.0 Å². The maximum Gasteiger partial charge on any atom is 0.308 e. The van der Waals surface area contributed by atoms with Crippen LogP contribution in [0.5, 0.6) is 0 Å². The van der Waals surface area contributed by atoms with Crippen LogP contribution in [0.4, 0.5) is 0 Å². The topological polar surface area (TPSA) is 158 Å². The zero-order valence-electron chi connectivity index (χ0n) is 28.0. The van der Waals surface area contributed by atoms with Gasteiger partial charge < -0.3 is 44.9 Å². The fourth-order valence-electron chi connectivity index (χ4n) is 6.31. The number of aliphatic hydroxyl groups excluding tert-OH is 4. The Morgan fingerprint density at radius 3 is 2.42 bits per heavy atom. The van der Waals surface area contributed by atoms with Gasteiger partial charge in [0.1, 0.15) is 12.2 Å². The van der Waals surface area contributed by atoms with Gasteiger partial charge in [0.15, 0.2) is 12.1 Å². The second-order valence-corrected chi connectivity index (χ2v) is 12.9. The first-order valence-electron chi connectivity index (χ1n) is 16.1. The van der Waals surface area contributed by atoms with Crippen molar-refractivity contribution in [3.8, 4) is 12.3 Å². The number of likely N-dealkylation sites (N-methyl/N-ethyl adjacent to an activating group) is 1. The van der Waals surface area contributed by atoms with Crippen LogP contribution in [0.3, 0.4) is 0 Å². The average Bonchev–Trinajstić information content (AvgIpc) is 2.99. The van der Waals surface area contributed by atoms with E-state index in [9.17, 15) is 30.0 Å². The first-order chi connectivity index (χ1) is 21.2. The standard InChI is InChI=1S/C34H56N2O9/c1-9-14-35-15-13-24-17-21(4)26(38)12-11-20(3)16-25(19-37)28(10-2)44-29(40)18-27(39)22(5)33(24)45-34-32(42)30(36(7)8)31(41)23(6)43-34/h1,11-12,16,21-25,27-28,30-35,37,39,41-42H,10,13-15,17-19H2,2-8H3/b12-11+,20-16+/t21-,22+,23-,24+,25-,27-,28-,30?,31?,32?,33-,34+/m1/s1. The Morgan fingerprint density at radius 1 is 1.13 bits per heavy atom. The maximum absolute atomic E-state index is 13.3. The lowest BCUT2D eigenvalue weighted by molar-refractivity contribution is -0.304. The zero-order chi connectivity index (χ0) is 33.8. The van der Waals surface area contributed by atoms with Crippen LogP contribution in [0.2, 0.25) is 0 Å². The van der Waals surface area contributed by atoms with Crippen molar-refractivity contribution in [1.29, 1.82) is 0 Å². The van der Waals surface area contributed by atoms with Crippen molar-refractivity contribution >= 4 is 11.8 Å². The van der Waals surface area contributed by atoms with E-state index in [2.05, 4.69) is 11.2 Å². The highest BCUT2D eigenvalue weighted by molar-refractivity contribution is 5.91. The molecule has 0 radical (unpaired) electrons. The normalized spacial score (nSPS) is 39.5. The third kappa shape index (κ3) is 11.3. The van der Waals surface area contributed by atoms with Crippen LogP contribution in [-0.4, -0.2) is 120 Å². The Balaban J connectivity index is 2.56. The summed E-state index contributed by atoms with van der Waals surface area (Å²) >= 11 is 0. The molecule has 5 N–H and O–H groups in total. The van der Waals surface area contributed by atoms with Crippen molar-refractivity contribution in [2.75, 3.05) is 33.8 Å². The van der Waals surface area contributed by atoms with Crippen molar-refractivity contribution < 1.29 is 44.2 Å². The van der Waals surface area contributed by atoms with E-state index in [1.165, 1.54) is 6.08 Å². The van der Waals surface area contributed by atoms with Crippen molar-refractivity contribution in [2.45, 2.75) is 109 Å². The molecule has 2 heterocycles. The molecule has 0 spiro atoms. The molecule has 1 saturated heterocycles. The van der Waals surface area contributed by atoms with Crippen molar-refractivity contribution in [3.63, 3.8) is 0 Å². The van der Waals surface area contributed by atoms with Gasteiger partial charge in [0.2, 0.25) is 0 Å². The number of carbonyl (C=O) groups excluding carboxylic acids is 2. The minimum atomic E-state index is -1.22. The summed E-state index contributed by atoms with van der Waals surface area (Å²) in [6.45, 7) is 9.56. The lowest BCUT2D eigenvalue weighted by Crippen LogP contribution is -2.63. The molecule has 0 aliphatic carbocycles. The number of ketones is 1. The molecule has 2 aliphatic heterocycles. The van der Waals surface area contributed by atoms with E-state index in [0.29, 0.717) is 32.4 Å². The van der Waals surface area contributed by atoms with E-state index >= 15 is 0 Å². The Morgan fingerprint density at radius 2 is 1.82 bits per heavy atom. The fraction of sp³-hybridized carbons (Fsp3) is 0.765.